The van der Waals surface area contributed by atoms with Crippen LogP contribution in [0.2, 0.25) is 0 Å². The summed E-state index contributed by atoms with van der Waals surface area (Å²) in [5.74, 6) is 0.378. The quantitative estimate of drug-likeness (QED) is 0.420. The van der Waals surface area contributed by atoms with Crippen molar-refractivity contribution in [3.05, 3.63) is 0 Å². The number of hydrogen-bond donors (Lipinski definition) is 0. The molecule has 3 heterocycles. The van der Waals surface area contributed by atoms with Crippen LogP contribution in [0.1, 0.15) is 20.3 Å². The third-order valence-electron chi connectivity index (χ3n) is 3.60. The van der Waals surface area contributed by atoms with Gasteiger partial charge in [-0.1, -0.05) is 36.4 Å². The molecule has 98 valence electrons. The maximum Gasteiger partial charge on any atom is 0.273 e. The molecule has 0 aliphatic carbocycles. The summed E-state index contributed by atoms with van der Waals surface area (Å²) in [5, 5.41) is -0.468. The third-order valence-corrected chi connectivity index (χ3v) is 7.03. The minimum absolute atomic E-state index is 0.0471. The minimum Gasteiger partial charge on any atom is -0.368 e. The molecule has 6 unspecified atom stereocenters. The maximum atomic E-state index is 11.7. The first kappa shape index (κ1) is 12.6. The highest BCUT2D eigenvalue weighted by Crippen LogP contribution is 2.48. The van der Waals surface area contributed by atoms with Gasteiger partial charge in [-0.15, -0.1) is 0 Å². The molecule has 0 aromatic rings. The van der Waals surface area contributed by atoms with Gasteiger partial charge in [0.2, 0.25) is 0 Å². The van der Waals surface area contributed by atoms with E-state index in [2.05, 4.69) is 36.4 Å². The van der Waals surface area contributed by atoms with Crippen LogP contribution >= 0.6 is 22.6 Å². The van der Waals surface area contributed by atoms with E-state index in [1.807, 2.05) is 0 Å². The second kappa shape index (κ2) is 4.03. The SMILES string of the molecule is CC(C)C(I)OC1C2CC3C(O2)C1OS3(=O)=O. The number of halogens is 1. The first-order valence-corrected chi connectivity index (χ1v) is 8.49. The van der Waals surface area contributed by atoms with Crippen LogP contribution in [0.4, 0.5) is 0 Å². The van der Waals surface area contributed by atoms with E-state index in [1.165, 1.54) is 0 Å². The van der Waals surface area contributed by atoms with Gasteiger partial charge in [-0.05, 0) is 12.3 Å². The maximum absolute atomic E-state index is 11.7. The van der Waals surface area contributed by atoms with Crippen LogP contribution in [0.25, 0.3) is 0 Å². The topological polar surface area (TPSA) is 61.8 Å². The summed E-state index contributed by atoms with van der Waals surface area (Å²) in [4.78, 5) is 0. The molecule has 0 spiro atoms. The zero-order valence-corrected chi connectivity index (χ0v) is 12.6. The van der Waals surface area contributed by atoms with Crippen molar-refractivity contribution in [2.75, 3.05) is 0 Å². The Labute approximate surface area is 114 Å². The van der Waals surface area contributed by atoms with Crippen LogP contribution in [0.3, 0.4) is 0 Å². The lowest BCUT2D eigenvalue weighted by Gasteiger charge is -2.26. The van der Waals surface area contributed by atoms with E-state index in [0.29, 0.717) is 12.3 Å². The molecule has 3 rings (SSSR count). The molecule has 5 nitrogen and oxygen atoms in total. The second-order valence-electron chi connectivity index (χ2n) is 5.16. The largest absolute Gasteiger partial charge is 0.368 e. The molecule has 0 amide bonds. The molecule has 7 heteroatoms. The van der Waals surface area contributed by atoms with Crippen LogP contribution in [0.15, 0.2) is 0 Å². The van der Waals surface area contributed by atoms with Gasteiger partial charge in [0.05, 0.1) is 6.10 Å². The monoisotopic (exact) mass is 374 g/mol. The predicted molar refractivity (Wildman–Crippen MR) is 68.4 cm³/mol. The molecule has 17 heavy (non-hydrogen) atoms. The minimum atomic E-state index is -3.43. The van der Waals surface area contributed by atoms with Gasteiger partial charge < -0.3 is 9.47 Å². The smallest absolute Gasteiger partial charge is 0.273 e. The molecule has 0 aromatic heterocycles. The molecule has 3 aliphatic rings. The molecular weight excluding hydrogens is 359 g/mol. The molecule has 3 saturated heterocycles. The van der Waals surface area contributed by atoms with Gasteiger partial charge in [-0.25, -0.2) is 0 Å². The highest BCUT2D eigenvalue weighted by atomic mass is 127. The molecule has 2 bridgehead atoms. The molecule has 3 fully saturated rings. The number of ether oxygens (including phenoxy) is 2. The van der Waals surface area contributed by atoms with Crippen molar-refractivity contribution in [1.29, 1.82) is 0 Å². The fourth-order valence-corrected chi connectivity index (χ4v) is 4.68. The summed E-state index contributed by atoms with van der Waals surface area (Å²) in [6.07, 6.45) is -0.595. The Morgan fingerprint density at radius 3 is 2.71 bits per heavy atom. The average molecular weight is 374 g/mol. The summed E-state index contributed by atoms with van der Waals surface area (Å²) in [6.45, 7) is 4.14. The van der Waals surface area contributed by atoms with Crippen molar-refractivity contribution in [3.8, 4) is 0 Å². The Balaban J connectivity index is 1.78. The van der Waals surface area contributed by atoms with E-state index < -0.39 is 21.5 Å². The predicted octanol–water partition coefficient (Wildman–Crippen LogP) is 1.06. The molecule has 0 N–H and O–H groups in total. The van der Waals surface area contributed by atoms with Crippen LogP contribution in [0, 0.1) is 5.92 Å². The first-order valence-electron chi connectivity index (χ1n) is 5.77. The molecule has 6 atom stereocenters. The lowest BCUT2D eigenvalue weighted by Crippen LogP contribution is -2.42. The van der Waals surface area contributed by atoms with Crippen molar-refractivity contribution < 1.29 is 22.1 Å². The van der Waals surface area contributed by atoms with E-state index in [4.69, 9.17) is 13.7 Å². The zero-order valence-electron chi connectivity index (χ0n) is 9.58. The number of rotatable bonds is 3. The molecule has 0 aromatic carbocycles. The lowest BCUT2D eigenvalue weighted by atomic mass is 9.94. The van der Waals surface area contributed by atoms with E-state index in [1.54, 1.807) is 0 Å². The van der Waals surface area contributed by atoms with E-state index in [-0.39, 0.29) is 22.4 Å². The van der Waals surface area contributed by atoms with Gasteiger partial charge in [0, 0.05) is 0 Å². The normalized spacial score (nSPS) is 47.9. The second-order valence-corrected chi connectivity index (χ2v) is 8.17. The van der Waals surface area contributed by atoms with Crippen molar-refractivity contribution in [2.45, 2.75) is 54.0 Å². The van der Waals surface area contributed by atoms with Gasteiger partial charge in [-0.2, -0.15) is 8.42 Å². The lowest BCUT2D eigenvalue weighted by molar-refractivity contribution is -0.0445. The molecule has 0 saturated carbocycles. The molecule has 0 radical (unpaired) electrons. The zero-order chi connectivity index (χ0) is 12.4. The third kappa shape index (κ3) is 1.85. The average Bonchev–Trinajstić information content (AvgIpc) is 2.81. The summed E-state index contributed by atoms with van der Waals surface area (Å²) in [5.41, 5.74) is 0. The van der Waals surface area contributed by atoms with Gasteiger partial charge in [0.1, 0.15) is 27.7 Å². The van der Waals surface area contributed by atoms with E-state index in [0.717, 1.165) is 0 Å². The highest BCUT2D eigenvalue weighted by Gasteiger charge is 2.66. The van der Waals surface area contributed by atoms with Gasteiger partial charge in [0.25, 0.3) is 10.1 Å². The standard InChI is InChI=1S/C10H15IO5S/c1-4(2)10(11)15-7-5-3-6-8(14-5)9(7)16-17(6,12)13/h4-10H,3H2,1-2H3. The Morgan fingerprint density at radius 1 is 1.35 bits per heavy atom. The van der Waals surface area contributed by atoms with Crippen molar-refractivity contribution in [2.24, 2.45) is 5.92 Å². The van der Waals surface area contributed by atoms with E-state index >= 15 is 0 Å². The number of hydrogen-bond acceptors (Lipinski definition) is 5. The van der Waals surface area contributed by atoms with Crippen molar-refractivity contribution in [3.63, 3.8) is 0 Å². The Kier molecular flexibility index (Phi) is 2.98. The summed E-state index contributed by atoms with van der Waals surface area (Å²) >= 11 is 2.23. The molecular formula is C10H15IO5S. The summed E-state index contributed by atoms with van der Waals surface area (Å²) < 4.78 is 40.1. The van der Waals surface area contributed by atoms with Crippen LogP contribution < -0.4 is 0 Å². The van der Waals surface area contributed by atoms with Crippen LogP contribution in [-0.4, -0.2) is 42.2 Å². The Hall–Kier alpha value is 0.560. The first-order chi connectivity index (χ1) is 7.90. The van der Waals surface area contributed by atoms with Crippen LogP contribution in [-0.2, 0) is 23.8 Å². The fourth-order valence-electron chi connectivity index (χ4n) is 2.70. The van der Waals surface area contributed by atoms with Gasteiger partial charge in [0.15, 0.2) is 0 Å². The van der Waals surface area contributed by atoms with Gasteiger partial charge in [-0.3, -0.25) is 4.18 Å². The van der Waals surface area contributed by atoms with E-state index in [9.17, 15) is 8.42 Å². The summed E-state index contributed by atoms with van der Waals surface area (Å²) in [7, 11) is -3.43. The highest BCUT2D eigenvalue weighted by molar-refractivity contribution is 14.1. The number of alkyl halides is 1. The van der Waals surface area contributed by atoms with Gasteiger partial charge >= 0.3 is 0 Å². The number of fused-ring (bicyclic) bond motifs is 1. The molecule has 3 aliphatic heterocycles. The Morgan fingerprint density at radius 2 is 2.06 bits per heavy atom. The van der Waals surface area contributed by atoms with Crippen LogP contribution in [0.5, 0.6) is 0 Å². The summed E-state index contributed by atoms with van der Waals surface area (Å²) in [6, 6.07) is 0. The Bertz CT molecular complexity index is 422. The van der Waals surface area contributed by atoms with Crippen molar-refractivity contribution >= 4 is 32.7 Å². The van der Waals surface area contributed by atoms with Crippen molar-refractivity contribution in [1.82, 2.24) is 0 Å². The fraction of sp³-hybridized carbons (Fsp3) is 1.00.